The number of nitrogens with one attached hydrogen (secondary N) is 1. The second kappa shape index (κ2) is 7.10. The van der Waals surface area contributed by atoms with E-state index in [0.29, 0.717) is 5.56 Å². The fraction of sp³-hybridized carbons (Fsp3) is 0.462. The van der Waals surface area contributed by atoms with Crippen LogP contribution in [0.15, 0.2) is 29.2 Å². The molecule has 1 amide bonds. The Morgan fingerprint density at radius 2 is 1.73 bits per heavy atom. The molecule has 0 aliphatic heterocycles. The molecule has 22 heavy (non-hydrogen) atoms. The van der Waals surface area contributed by atoms with E-state index in [1.165, 1.54) is 38.4 Å². The molecule has 9 heteroatoms. The van der Waals surface area contributed by atoms with Crippen molar-refractivity contribution < 1.29 is 26.4 Å². The number of amides is 1. The number of hydrogen-bond donors (Lipinski definition) is 1. The Bertz CT molecular complexity index is 610. The van der Waals surface area contributed by atoms with Crippen molar-refractivity contribution in [2.75, 3.05) is 14.1 Å². The summed E-state index contributed by atoms with van der Waals surface area (Å²) in [5, 5.41) is 2.35. The molecule has 1 rings (SSSR count). The third-order valence-electron chi connectivity index (χ3n) is 2.83. The average Bonchev–Trinajstić information content (AvgIpc) is 2.42. The van der Waals surface area contributed by atoms with Gasteiger partial charge in [0, 0.05) is 27.1 Å². The molecule has 0 saturated heterocycles. The smallest absolute Gasteiger partial charge is 0.352 e. The number of carbonyl (C=O) groups excluding carboxylic acids is 1. The molecule has 0 bridgehead atoms. The van der Waals surface area contributed by atoms with Crippen molar-refractivity contribution in [3.8, 4) is 0 Å². The predicted molar refractivity (Wildman–Crippen MR) is 74.5 cm³/mol. The summed E-state index contributed by atoms with van der Waals surface area (Å²) >= 11 is 0. The molecule has 0 fully saturated rings. The summed E-state index contributed by atoms with van der Waals surface area (Å²) in [6, 6.07) is 5.76. The molecule has 5 nitrogen and oxygen atoms in total. The van der Waals surface area contributed by atoms with Gasteiger partial charge in [0.1, 0.15) is 0 Å². The van der Waals surface area contributed by atoms with Gasteiger partial charge in [-0.05, 0) is 17.7 Å². The van der Waals surface area contributed by atoms with Gasteiger partial charge in [-0.15, -0.1) is 0 Å². The van der Waals surface area contributed by atoms with Crippen LogP contribution in [0.5, 0.6) is 0 Å². The summed E-state index contributed by atoms with van der Waals surface area (Å²) in [6.07, 6.45) is -6.16. The normalized spacial score (nSPS) is 12.5. The van der Waals surface area contributed by atoms with Crippen molar-refractivity contribution in [2.45, 2.75) is 30.5 Å². The Hall–Kier alpha value is -1.61. The first-order valence-corrected chi connectivity index (χ1v) is 7.81. The molecule has 0 aliphatic rings. The van der Waals surface area contributed by atoms with Crippen LogP contribution in [0.1, 0.15) is 18.4 Å². The van der Waals surface area contributed by atoms with E-state index in [9.17, 15) is 26.4 Å². The van der Waals surface area contributed by atoms with E-state index in [-0.39, 0.29) is 11.4 Å². The third kappa shape index (κ3) is 5.64. The minimum atomic E-state index is -4.36. The summed E-state index contributed by atoms with van der Waals surface area (Å²) in [6.45, 7) is 0.0407. The zero-order valence-corrected chi connectivity index (χ0v) is 13.0. The highest BCUT2D eigenvalue weighted by Crippen LogP contribution is 2.21. The van der Waals surface area contributed by atoms with Crippen molar-refractivity contribution in [1.29, 1.82) is 0 Å². The molecule has 0 aliphatic carbocycles. The SMILES string of the molecule is CN(C)S(=O)(=O)c1ccc(CNC(=O)CCC(F)(F)F)cc1. The van der Waals surface area contributed by atoms with Crippen molar-refractivity contribution in [3.63, 3.8) is 0 Å². The van der Waals surface area contributed by atoms with E-state index >= 15 is 0 Å². The van der Waals surface area contributed by atoms with Gasteiger partial charge in [0.05, 0.1) is 11.3 Å². The van der Waals surface area contributed by atoms with Gasteiger partial charge >= 0.3 is 6.18 Å². The standard InChI is InChI=1S/C13H17F3N2O3S/c1-18(2)22(20,21)11-5-3-10(4-6-11)9-17-12(19)7-8-13(14,15)16/h3-6H,7-9H2,1-2H3,(H,17,19). The van der Waals surface area contributed by atoms with Gasteiger partial charge in [0.15, 0.2) is 0 Å². The van der Waals surface area contributed by atoms with E-state index in [1.807, 2.05) is 0 Å². The highest BCUT2D eigenvalue weighted by Gasteiger charge is 2.27. The lowest BCUT2D eigenvalue weighted by Crippen LogP contribution is -2.24. The number of benzene rings is 1. The highest BCUT2D eigenvalue weighted by molar-refractivity contribution is 7.89. The summed E-state index contributed by atoms with van der Waals surface area (Å²) in [7, 11) is -0.715. The van der Waals surface area contributed by atoms with Crippen LogP contribution in [0, 0.1) is 0 Å². The van der Waals surface area contributed by atoms with Gasteiger partial charge in [-0.3, -0.25) is 4.79 Å². The van der Waals surface area contributed by atoms with E-state index in [1.54, 1.807) is 0 Å². The Morgan fingerprint density at radius 1 is 1.18 bits per heavy atom. The van der Waals surface area contributed by atoms with Crippen LogP contribution >= 0.6 is 0 Å². The summed E-state index contributed by atoms with van der Waals surface area (Å²) in [4.78, 5) is 11.4. The molecule has 0 saturated carbocycles. The van der Waals surface area contributed by atoms with Gasteiger partial charge in [-0.25, -0.2) is 12.7 Å². The van der Waals surface area contributed by atoms with Crippen molar-refractivity contribution in [2.24, 2.45) is 0 Å². The first-order chi connectivity index (χ1) is 10.0. The first-order valence-electron chi connectivity index (χ1n) is 6.37. The minimum Gasteiger partial charge on any atom is -0.352 e. The third-order valence-corrected chi connectivity index (χ3v) is 4.66. The number of nitrogens with zero attached hydrogens (tertiary/aromatic N) is 1. The number of halogens is 3. The second-order valence-electron chi connectivity index (χ2n) is 4.82. The molecule has 0 atom stereocenters. The molecule has 0 spiro atoms. The maximum absolute atomic E-state index is 12.0. The van der Waals surface area contributed by atoms with Gasteiger partial charge < -0.3 is 5.32 Å². The number of sulfonamides is 1. The molecular formula is C13H17F3N2O3S. The van der Waals surface area contributed by atoms with E-state index in [4.69, 9.17) is 0 Å². The zero-order valence-electron chi connectivity index (χ0n) is 12.1. The fourth-order valence-electron chi connectivity index (χ4n) is 1.53. The van der Waals surface area contributed by atoms with Crippen LogP contribution in [-0.2, 0) is 21.4 Å². The summed E-state index contributed by atoms with van der Waals surface area (Å²) in [5.74, 6) is -0.706. The fourth-order valence-corrected chi connectivity index (χ4v) is 2.44. The van der Waals surface area contributed by atoms with Crippen LogP contribution in [0.4, 0.5) is 13.2 Å². The quantitative estimate of drug-likeness (QED) is 0.861. The predicted octanol–water partition coefficient (Wildman–Crippen LogP) is 1.90. The number of hydrogen-bond acceptors (Lipinski definition) is 3. The molecule has 124 valence electrons. The van der Waals surface area contributed by atoms with E-state index < -0.39 is 34.9 Å². The van der Waals surface area contributed by atoms with Crippen LogP contribution in [0.3, 0.4) is 0 Å². The van der Waals surface area contributed by atoms with Crippen LogP contribution in [0.2, 0.25) is 0 Å². The lowest BCUT2D eigenvalue weighted by atomic mass is 10.2. The Morgan fingerprint density at radius 3 is 2.18 bits per heavy atom. The minimum absolute atomic E-state index is 0.0407. The summed E-state index contributed by atoms with van der Waals surface area (Å²) in [5.41, 5.74) is 0.595. The molecular weight excluding hydrogens is 321 g/mol. The summed E-state index contributed by atoms with van der Waals surface area (Å²) < 4.78 is 60.6. The first kappa shape index (κ1) is 18.4. The van der Waals surface area contributed by atoms with Gasteiger partial charge in [0.2, 0.25) is 15.9 Å². The molecule has 1 aromatic rings. The zero-order chi connectivity index (χ0) is 17.0. The van der Waals surface area contributed by atoms with Crippen LogP contribution < -0.4 is 5.32 Å². The Labute approximate surface area is 127 Å². The monoisotopic (exact) mass is 338 g/mol. The molecule has 0 heterocycles. The van der Waals surface area contributed by atoms with Gasteiger partial charge in [-0.2, -0.15) is 13.2 Å². The molecule has 1 N–H and O–H groups in total. The average molecular weight is 338 g/mol. The molecule has 1 aromatic carbocycles. The largest absolute Gasteiger partial charge is 0.389 e. The number of rotatable bonds is 6. The van der Waals surface area contributed by atoms with Crippen molar-refractivity contribution in [3.05, 3.63) is 29.8 Å². The van der Waals surface area contributed by atoms with Crippen LogP contribution in [-0.4, -0.2) is 38.9 Å². The molecule has 0 radical (unpaired) electrons. The second-order valence-corrected chi connectivity index (χ2v) is 6.98. The number of alkyl halides is 3. The van der Waals surface area contributed by atoms with E-state index in [0.717, 1.165) is 4.31 Å². The molecule has 0 aromatic heterocycles. The maximum atomic E-state index is 12.0. The van der Waals surface area contributed by atoms with Crippen molar-refractivity contribution >= 4 is 15.9 Å². The maximum Gasteiger partial charge on any atom is 0.389 e. The lowest BCUT2D eigenvalue weighted by Gasteiger charge is -2.12. The van der Waals surface area contributed by atoms with Crippen molar-refractivity contribution in [1.82, 2.24) is 9.62 Å². The molecule has 0 unspecified atom stereocenters. The van der Waals surface area contributed by atoms with E-state index in [2.05, 4.69) is 5.32 Å². The number of carbonyl (C=O) groups is 1. The highest BCUT2D eigenvalue weighted by atomic mass is 32.2. The Kier molecular flexibility index (Phi) is 5.95. The van der Waals surface area contributed by atoms with Crippen LogP contribution in [0.25, 0.3) is 0 Å². The lowest BCUT2D eigenvalue weighted by molar-refractivity contribution is -0.144. The van der Waals surface area contributed by atoms with Gasteiger partial charge in [-0.1, -0.05) is 12.1 Å². The Balaban J connectivity index is 2.57. The van der Waals surface area contributed by atoms with Gasteiger partial charge in [0.25, 0.3) is 0 Å². The topological polar surface area (TPSA) is 66.5 Å².